The lowest BCUT2D eigenvalue weighted by Gasteiger charge is -2.22. The maximum absolute atomic E-state index is 10.1. The van der Waals surface area contributed by atoms with Crippen molar-refractivity contribution in [1.29, 1.82) is 0 Å². The van der Waals surface area contributed by atoms with E-state index in [2.05, 4.69) is 36.1 Å². The summed E-state index contributed by atoms with van der Waals surface area (Å²) in [4.78, 5) is 2.47. The van der Waals surface area contributed by atoms with E-state index < -0.39 is 5.60 Å². The Bertz CT molecular complexity index is 386. The van der Waals surface area contributed by atoms with Crippen molar-refractivity contribution >= 4 is 0 Å². The fraction of sp³-hybridized carbons (Fsp3) is 0.625. The van der Waals surface area contributed by atoms with Gasteiger partial charge in [0, 0.05) is 13.1 Å². The minimum absolute atomic E-state index is 0.458. The van der Waals surface area contributed by atoms with Crippen LogP contribution in [0.4, 0.5) is 0 Å². The average molecular weight is 247 g/mol. The molecule has 1 aromatic rings. The maximum atomic E-state index is 10.1. The molecule has 1 atom stereocenters. The van der Waals surface area contributed by atoms with Crippen LogP contribution in [0.5, 0.6) is 0 Å². The monoisotopic (exact) mass is 247 g/mol. The highest BCUT2D eigenvalue weighted by atomic mass is 16.3. The minimum Gasteiger partial charge on any atom is -0.390 e. The Balaban J connectivity index is 1.96. The minimum atomic E-state index is -0.458. The average Bonchev–Trinajstić information content (AvgIpc) is 2.51. The van der Waals surface area contributed by atoms with Crippen LogP contribution in [-0.2, 0) is 13.0 Å². The lowest BCUT2D eigenvalue weighted by Crippen LogP contribution is -2.28. The van der Waals surface area contributed by atoms with Crippen molar-refractivity contribution in [3.05, 3.63) is 35.4 Å². The molecule has 1 aliphatic rings. The third-order valence-electron chi connectivity index (χ3n) is 3.96. The lowest BCUT2D eigenvalue weighted by atomic mass is 9.98. The van der Waals surface area contributed by atoms with Crippen LogP contribution >= 0.6 is 0 Å². The van der Waals surface area contributed by atoms with E-state index in [0.717, 1.165) is 45.3 Å². The third kappa shape index (κ3) is 3.82. The van der Waals surface area contributed by atoms with Crippen LogP contribution in [0.15, 0.2) is 24.3 Å². The first-order valence-corrected chi connectivity index (χ1v) is 7.11. The topological polar surface area (TPSA) is 23.5 Å². The molecule has 1 N–H and O–H groups in total. The fourth-order valence-corrected chi connectivity index (χ4v) is 2.68. The Labute approximate surface area is 111 Å². The molecule has 0 aromatic heterocycles. The number of aryl methyl sites for hydroxylation is 1. The predicted molar refractivity (Wildman–Crippen MR) is 75.6 cm³/mol. The van der Waals surface area contributed by atoms with E-state index in [1.165, 1.54) is 11.1 Å². The summed E-state index contributed by atoms with van der Waals surface area (Å²) in [5.41, 5.74) is 2.35. The summed E-state index contributed by atoms with van der Waals surface area (Å²) >= 11 is 0. The molecule has 1 aliphatic heterocycles. The van der Waals surface area contributed by atoms with Crippen LogP contribution in [0.25, 0.3) is 0 Å². The highest BCUT2D eigenvalue weighted by molar-refractivity contribution is 5.23. The number of nitrogens with zero attached hydrogens (tertiary/aromatic N) is 1. The summed E-state index contributed by atoms with van der Waals surface area (Å²) in [7, 11) is 0. The molecule has 0 radical (unpaired) electrons. The first-order valence-electron chi connectivity index (χ1n) is 7.11. The van der Waals surface area contributed by atoms with Crippen LogP contribution < -0.4 is 0 Å². The largest absolute Gasteiger partial charge is 0.390 e. The van der Waals surface area contributed by atoms with Gasteiger partial charge < -0.3 is 5.11 Å². The molecule has 0 saturated carbocycles. The number of rotatable bonds is 3. The third-order valence-corrected chi connectivity index (χ3v) is 3.96. The van der Waals surface area contributed by atoms with Crippen molar-refractivity contribution in [2.24, 2.45) is 0 Å². The second-order valence-electron chi connectivity index (χ2n) is 5.80. The van der Waals surface area contributed by atoms with E-state index in [0.29, 0.717) is 0 Å². The molecule has 1 fully saturated rings. The molecule has 1 heterocycles. The van der Waals surface area contributed by atoms with E-state index in [9.17, 15) is 5.11 Å². The van der Waals surface area contributed by atoms with Crippen LogP contribution in [0, 0.1) is 0 Å². The summed E-state index contributed by atoms with van der Waals surface area (Å²) in [6.07, 6.45) is 4.02. The van der Waals surface area contributed by atoms with Crippen molar-refractivity contribution in [3.63, 3.8) is 0 Å². The van der Waals surface area contributed by atoms with Crippen molar-refractivity contribution in [2.75, 3.05) is 13.1 Å². The smallest absolute Gasteiger partial charge is 0.0632 e. The first-order chi connectivity index (χ1) is 8.59. The molecule has 1 saturated heterocycles. The van der Waals surface area contributed by atoms with E-state index in [1.807, 2.05) is 6.92 Å². The van der Waals surface area contributed by atoms with Gasteiger partial charge in [0.15, 0.2) is 0 Å². The molecule has 2 heteroatoms. The van der Waals surface area contributed by atoms with E-state index in [-0.39, 0.29) is 0 Å². The quantitative estimate of drug-likeness (QED) is 0.887. The molecule has 2 rings (SSSR count). The van der Waals surface area contributed by atoms with Gasteiger partial charge in [-0.15, -0.1) is 0 Å². The van der Waals surface area contributed by atoms with Gasteiger partial charge in [-0.05, 0) is 50.3 Å². The SMILES string of the molecule is CCc1cccc(CN2CCCC(C)(O)CC2)c1. The molecular weight excluding hydrogens is 222 g/mol. The standard InChI is InChI=1S/C16H25NO/c1-3-14-6-4-7-15(12-14)13-17-10-5-8-16(2,18)9-11-17/h4,6-7,12,18H,3,5,8-11,13H2,1-2H3. The second-order valence-corrected chi connectivity index (χ2v) is 5.80. The Hall–Kier alpha value is -0.860. The Morgan fingerprint density at radius 2 is 2.00 bits per heavy atom. The number of aliphatic hydroxyl groups is 1. The summed E-state index contributed by atoms with van der Waals surface area (Å²) in [5, 5.41) is 10.1. The lowest BCUT2D eigenvalue weighted by molar-refractivity contribution is 0.0444. The van der Waals surface area contributed by atoms with Gasteiger partial charge in [0.05, 0.1) is 5.60 Å². The molecule has 0 amide bonds. The van der Waals surface area contributed by atoms with Crippen LogP contribution in [0.2, 0.25) is 0 Å². The summed E-state index contributed by atoms with van der Waals surface area (Å²) in [6, 6.07) is 8.87. The summed E-state index contributed by atoms with van der Waals surface area (Å²) in [6.45, 7) is 7.29. The van der Waals surface area contributed by atoms with Gasteiger partial charge in [0.25, 0.3) is 0 Å². The highest BCUT2D eigenvalue weighted by Gasteiger charge is 2.24. The predicted octanol–water partition coefficient (Wildman–Crippen LogP) is 2.99. The van der Waals surface area contributed by atoms with Crippen LogP contribution in [-0.4, -0.2) is 28.7 Å². The highest BCUT2D eigenvalue weighted by Crippen LogP contribution is 2.22. The van der Waals surface area contributed by atoms with Gasteiger partial charge in [-0.2, -0.15) is 0 Å². The van der Waals surface area contributed by atoms with Gasteiger partial charge >= 0.3 is 0 Å². The van der Waals surface area contributed by atoms with Crippen molar-refractivity contribution < 1.29 is 5.11 Å². The number of likely N-dealkylation sites (tertiary alicyclic amines) is 1. The van der Waals surface area contributed by atoms with Crippen LogP contribution in [0.3, 0.4) is 0 Å². The molecule has 0 spiro atoms. The molecule has 0 bridgehead atoms. The molecule has 2 nitrogen and oxygen atoms in total. The van der Waals surface area contributed by atoms with Gasteiger partial charge in [-0.25, -0.2) is 0 Å². The molecule has 0 aliphatic carbocycles. The zero-order valence-electron chi connectivity index (χ0n) is 11.7. The van der Waals surface area contributed by atoms with E-state index >= 15 is 0 Å². The number of benzene rings is 1. The van der Waals surface area contributed by atoms with Crippen LogP contribution in [0.1, 0.15) is 44.2 Å². The number of hydrogen-bond acceptors (Lipinski definition) is 2. The first kappa shape index (κ1) is 13.6. The molecule has 100 valence electrons. The Kier molecular flexibility index (Phi) is 4.41. The van der Waals surface area contributed by atoms with Crippen molar-refractivity contribution in [3.8, 4) is 0 Å². The zero-order valence-corrected chi connectivity index (χ0v) is 11.7. The van der Waals surface area contributed by atoms with Gasteiger partial charge in [0.2, 0.25) is 0 Å². The Morgan fingerprint density at radius 1 is 1.22 bits per heavy atom. The van der Waals surface area contributed by atoms with Gasteiger partial charge in [0.1, 0.15) is 0 Å². The van der Waals surface area contributed by atoms with Crippen molar-refractivity contribution in [1.82, 2.24) is 4.90 Å². The van der Waals surface area contributed by atoms with Gasteiger partial charge in [-0.1, -0.05) is 31.2 Å². The molecule has 1 aromatic carbocycles. The fourth-order valence-electron chi connectivity index (χ4n) is 2.68. The normalized spacial score (nSPS) is 25.9. The van der Waals surface area contributed by atoms with Gasteiger partial charge in [-0.3, -0.25) is 4.90 Å². The molecule has 1 unspecified atom stereocenters. The second kappa shape index (κ2) is 5.85. The summed E-state index contributed by atoms with van der Waals surface area (Å²) in [5.74, 6) is 0. The van der Waals surface area contributed by atoms with E-state index in [1.54, 1.807) is 0 Å². The number of hydrogen-bond donors (Lipinski definition) is 1. The molecule has 18 heavy (non-hydrogen) atoms. The van der Waals surface area contributed by atoms with E-state index in [4.69, 9.17) is 0 Å². The van der Waals surface area contributed by atoms with Crippen molar-refractivity contribution in [2.45, 2.75) is 51.7 Å². The molecular formula is C16H25NO. The summed E-state index contributed by atoms with van der Waals surface area (Å²) < 4.78 is 0. The zero-order chi connectivity index (χ0) is 13.0. The maximum Gasteiger partial charge on any atom is 0.0632 e. The Morgan fingerprint density at radius 3 is 2.78 bits per heavy atom.